The van der Waals surface area contributed by atoms with E-state index >= 15 is 0 Å². The van der Waals surface area contributed by atoms with Crippen molar-refractivity contribution in [2.75, 3.05) is 0 Å². The SMILES string of the molecule is CC(=O)[O-].CC(=O)[O-].CC(=O)[O-].CC(=O)[O-].[Cu+2].[Mn+2]. The maximum atomic E-state index is 8.89. The van der Waals surface area contributed by atoms with Crippen molar-refractivity contribution >= 4 is 23.9 Å². The van der Waals surface area contributed by atoms with Crippen molar-refractivity contribution in [2.24, 2.45) is 0 Å². The molecule has 10 heteroatoms. The van der Waals surface area contributed by atoms with Gasteiger partial charge in [-0.3, -0.25) is 0 Å². The van der Waals surface area contributed by atoms with Gasteiger partial charge in [-0.2, -0.15) is 0 Å². The Morgan fingerprint density at radius 3 is 0.556 bits per heavy atom. The van der Waals surface area contributed by atoms with Crippen molar-refractivity contribution in [3.05, 3.63) is 0 Å². The molecular weight excluding hydrogens is 343 g/mol. The van der Waals surface area contributed by atoms with Crippen LogP contribution in [0.25, 0.3) is 0 Å². The van der Waals surface area contributed by atoms with Crippen molar-refractivity contribution in [1.82, 2.24) is 0 Å². The zero-order valence-corrected chi connectivity index (χ0v) is 12.1. The summed E-state index contributed by atoms with van der Waals surface area (Å²) in [5.74, 6) is -4.33. The second-order valence-corrected chi connectivity index (χ2v) is 1.97. The van der Waals surface area contributed by atoms with E-state index in [2.05, 4.69) is 0 Å². The molecule has 0 fully saturated rings. The van der Waals surface area contributed by atoms with Crippen molar-refractivity contribution in [1.29, 1.82) is 0 Å². The molecule has 0 unspecified atom stereocenters. The molecule has 0 spiro atoms. The van der Waals surface area contributed by atoms with Crippen LogP contribution >= 0.6 is 0 Å². The molecule has 0 N–H and O–H groups in total. The van der Waals surface area contributed by atoms with Crippen LogP contribution in [0.1, 0.15) is 27.7 Å². The second-order valence-electron chi connectivity index (χ2n) is 1.97. The normalized spacial score (nSPS) is 5.56. The Balaban J connectivity index is -0.0000000257. The average molecular weight is 355 g/mol. The van der Waals surface area contributed by atoms with Gasteiger partial charge < -0.3 is 39.6 Å². The fourth-order valence-corrected chi connectivity index (χ4v) is 0. The molecule has 0 saturated carbocycles. The molecule has 0 bridgehead atoms. The van der Waals surface area contributed by atoms with E-state index in [-0.39, 0.29) is 34.1 Å². The van der Waals surface area contributed by atoms with E-state index in [0.29, 0.717) is 0 Å². The van der Waals surface area contributed by atoms with Crippen molar-refractivity contribution < 1.29 is 73.7 Å². The molecule has 0 aliphatic carbocycles. The summed E-state index contributed by atoms with van der Waals surface area (Å²) in [5, 5.41) is 35.6. The van der Waals surface area contributed by atoms with Gasteiger partial charge in [0.05, 0.1) is 0 Å². The Labute approximate surface area is 125 Å². The van der Waals surface area contributed by atoms with Gasteiger partial charge in [0, 0.05) is 23.9 Å². The molecule has 0 saturated heterocycles. The Morgan fingerprint density at radius 1 is 0.556 bits per heavy atom. The van der Waals surface area contributed by atoms with E-state index in [9.17, 15) is 0 Å². The van der Waals surface area contributed by atoms with E-state index in [1.54, 1.807) is 0 Å². The Hall–Kier alpha value is -1.08. The minimum Gasteiger partial charge on any atom is -0.550 e. The summed E-state index contributed by atoms with van der Waals surface area (Å²) >= 11 is 0. The van der Waals surface area contributed by atoms with Crippen LogP contribution < -0.4 is 20.4 Å². The average Bonchev–Trinajstić information content (AvgIpc) is 1.76. The van der Waals surface area contributed by atoms with Crippen LogP contribution in [0.5, 0.6) is 0 Å². The van der Waals surface area contributed by atoms with Crippen LogP contribution in [0, 0.1) is 0 Å². The van der Waals surface area contributed by atoms with Gasteiger partial charge in [-0.15, -0.1) is 0 Å². The van der Waals surface area contributed by atoms with E-state index in [1.165, 1.54) is 0 Å². The summed E-state index contributed by atoms with van der Waals surface area (Å²) in [6.07, 6.45) is 0. The molecule has 0 aromatic rings. The van der Waals surface area contributed by atoms with Crippen LogP contribution in [0.4, 0.5) is 0 Å². The molecule has 0 heterocycles. The standard InChI is InChI=1S/4C2H4O2.Cu.Mn/c4*1-2(3)4;;/h4*1H3,(H,3,4);;/q;;;;2*+2/p-4. The Kier molecular flexibility index (Phi) is 59.4. The van der Waals surface area contributed by atoms with Crippen LogP contribution in [0.15, 0.2) is 0 Å². The number of aliphatic carboxylic acids is 4. The van der Waals surface area contributed by atoms with Gasteiger partial charge in [-0.1, -0.05) is 0 Å². The Bertz CT molecular complexity index is 167. The van der Waals surface area contributed by atoms with Gasteiger partial charge in [0.2, 0.25) is 0 Å². The van der Waals surface area contributed by atoms with Crippen molar-refractivity contribution in [2.45, 2.75) is 27.7 Å². The van der Waals surface area contributed by atoms with Crippen LogP contribution in [-0.4, -0.2) is 23.9 Å². The topological polar surface area (TPSA) is 161 Å². The van der Waals surface area contributed by atoms with E-state index < -0.39 is 23.9 Å². The summed E-state index contributed by atoms with van der Waals surface area (Å²) in [5.41, 5.74) is 0. The maximum absolute atomic E-state index is 8.89. The van der Waals surface area contributed by atoms with Gasteiger partial charge in [-0.25, -0.2) is 0 Å². The molecule has 0 amide bonds. The van der Waals surface area contributed by atoms with E-state index in [1.807, 2.05) is 0 Å². The predicted octanol–water partition coefficient (Wildman–Crippen LogP) is -4.98. The van der Waals surface area contributed by atoms with Crippen LogP contribution in [-0.2, 0) is 53.3 Å². The molecule has 0 aliphatic heterocycles. The number of carboxylic acids is 4. The number of hydrogen-bond acceptors (Lipinski definition) is 8. The van der Waals surface area contributed by atoms with Gasteiger partial charge >= 0.3 is 34.1 Å². The molecule has 0 rings (SSSR count). The summed E-state index contributed by atoms with van der Waals surface area (Å²) in [6.45, 7) is 3.89. The first-order chi connectivity index (χ1) is 6.93. The summed E-state index contributed by atoms with van der Waals surface area (Å²) < 4.78 is 0. The Morgan fingerprint density at radius 2 is 0.556 bits per heavy atom. The van der Waals surface area contributed by atoms with Crippen LogP contribution in [0.2, 0.25) is 0 Å². The van der Waals surface area contributed by atoms with Gasteiger partial charge in [0.25, 0.3) is 0 Å². The first kappa shape index (κ1) is 36.0. The third-order valence-electron chi connectivity index (χ3n) is 0. The largest absolute Gasteiger partial charge is 2.00 e. The first-order valence-corrected chi connectivity index (χ1v) is 3.63. The summed E-state index contributed by atoms with van der Waals surface area (Å²) in [7, 11) is 0. The van der Waals surface area contributed by atoms with Crippen LogP contribution in [0.3, 0.4) is 0 Å². The number of carbonyl (C=O) groups excluding carboxylic acids is 4. The number of rotatable bonds is 0. The zero-order chi connectivity index (χ0) is 14.3. The second kappa shape index (κ2) is 29.7. The minimum absolute atomic E-state index is 0. The quantitative estimate of drug-likeness (QED) is 0.391. The maximum Gasteiger partial charge on any atom is 2.00 e. The molecule has 8 nitrogen and oxygen atoms in total. The molecule has 2 radical (unpaired) electrons. The van der Waals surface area contributed by atoms with Crippen molar-refractivity contribution in [3.63, 3.8) is 0 Å². The fraction of sp³-hybridized carbons (Fsp3) is 0.500. The molecule has 0 atom stereocenters. The van der Waals surface area contributed by atoms with Gasteiger partial charge in [0.1, 0.15) is 0 Å². The van der Waals surface area contributed by atoms with Gasteiger partial charge in [-0.05, 0) is 27.7 Å². The number of carbonyl (C=O) groups is 4. The monoisotopic (exact) mass is 354 g/mol. The fourth-order valence-electron chi connectivity index (χ4n) is 0. The number of carboxylic acid groups (broad SMARTS) is 4. The van der Waals surface area contributed by atoms with Crippen molar-refractivity contribution in [3.8, 4) is 0 Å². The van der Waals surface area contributed by atoms with Gasteiger partial charge in [0.15, 0.2) is 0 Å². The molecule has 0 aromatic carbocycles. The summed E-state index contributed by atoms with van der Waals surface area (Å²) in [6, 6.07) is 0. The zero-order valence-electron chi connectivity index (χ0n) is 9.95. The molecule has 18 heavy (non-hydrogen) atoms. The predicted molar refractivity (Wildman–Crippen MR) is 42.7 cm³/mol. The molecule has 0 aromatic heterocycles. The smallest absolute Gasteiger partial charge is 0.550 e. The first-order valence-electron chi connectivity index (χ1n) is 3.63. The molecule has 0 aliphatic rings. The summed E-state index contributed by atoms with van der Waals surface area (Å²) in [4.78, 5) is 35.6. The molecule has 110 valence electrons. The van der Waals surface area contributed by atoms with E-state index in [4.69, 9.17) is 39.6 Å². The molecular formula is C8H12CuMnO8. The van der Waals surface area contributed by atoms with E-state index in [0.717, 1.165) is 27.7 Å². The minimum atomic E-state index is -1.08. The third kappa shape index (κ3) is 2470. The number of hydrogen-bond donors (Lipinski definition) is 0. The third-order valence-corrected chi connectivity index (χ3v) is 0.